The van der Waals surface area contributed by atoms with Gasteiger partial charge >= 0.3 is 10.1 Å². The molecule has 0 saturated carbocycles. The average Bonchev–Trinajstić information content (AvgIpc) is 3.12. The topological polar surface area (TPSA) is 97.3 Å². The van der Waals surface area contributed by atoms with Crippen molar-refractivity contribution in [3.63, 3.8) is 0 Å². The number of guanidine groups is 1. The molecular weight excluding hydrogens is 472 g/mol. The number of nitrogens with zero attached hydrogens (tertiary/aromatic N) is 3. The minimum Gasteiger partial charge on any atom is -0.383 e. The molecule has 5 rings (SSSR count). The van der Waals surface area contributed by atoms with Crippen LogP contribution < -0.4 is 9.92 Å². The van der Waals surface area contributed by atoms with Gasteiger partial charge in [0.15, 0.2) is 11.5 Å². The van der Waals surface area contributed by atoms with Crippen LogP contribution >= 0.6 is 11.6 Å². The van der Waals surface area contributed by atoms with E-state index in [9.17, 15) is 8.42 Å². The van der Waals surface area contributed by atoms with Crippen LogP contribution in [0.4, 0.5) is 0 Å². The Kier molecular flexibility index (Phi) is 5.58. The van der Waals surface area contributed by atoms with Crippen LogP contribution in [0.3, 0.4) is 0 Å². The quantitative estimate of drug-likeness (QED) is 0.540. The van der Waals surface area contributed by atoms with Crippen LogP contribution in [-0.2, 0) is 15.7 Å². The first-order valence-electron chi connectivity index (χ1n) is 10.8. The summed E-state index contributed by atoms with van der Waals surface area (Å²) in [6, 6.07) is 22.6. The summed E-state index contributed by atoms with van der Waals surface area (Å²) in [5.41, 5.74) is 8.85. The van der Waals surface area contributed by atoms with Crippen molar-refractivity contribution in [1.82, 2.24) is 4.90 Å². The standard InChI is InChI=1S/C25H23ClN4O3S/c1-34(31,32)33-22-11-4-9-20(16-22)25(23-28-12-5-13-30(23)24(27)29-25)19-8-2-6-17(14-19)18-7-3-10-21(26)15-18/h2-4,6-11,14-16H,5,12-13H2,1H3,(H2,27,29). The molecule has 1 atom stereocenters. The van der Waals surface area contributed by atoms with Crippen LogP contribution in [-0.4, -0.2) is 44.5 Å². The van der Waals surface area contributed by atoms with E-state index in [0.717, 1.165) is 35.2 Å². The van der Waals surface area contributed by atoms with Gasteiger partial charge in [-0.1, -0.05) is 54.1 Å². The van der Waals surface area contributed by atoms with Gasteiger partial charge in [-0.15, -0.1) is 0 Å². The van der Waals surface area contributed by atoms with E-state index in [2.05, 4.69) is 0 Å². The smallest absolute Gasteiger partial charge is 0.306 e. The van der Waals surface area contributed by atoms with Crippen LogP contribution in [0.25, 0.3) is 11.1 Å². The van der Waals surface area contributed by atoms with E-state index >= 15 is 0 Å². The average molecular weight is 495 g/mol. The molecule has 0 spiro atoms. The van der Waals surface area contributed by atoms with Crippen LogP contribution in [0.2, 0.25) is 5.02 Å². The zero-order chi connectivity index (χ0) is 23.9. The molecule has 3 aromatic carbocycles. The van der Waals surface area contributed by atoms with E-state index < -0.39 is 15.7 Å². The number of hydrogen-bond donors (Lipinski definition) is 1. The Balaban J connectivity index is 1.73. The van der Waals surface area contributed by atoms with Gasteiger partial charge in [0.2, 0.25) is 0 Å². The monoisotopic (exact) mass is 494 g/mol. The van der Waals surface area contributed by atoms with Gasteiger partial charge in [-0.3, -0.25) is 9.89 Å². The zero-order valence-corrected chi connectivity index (χ0v) is 20.1. The zero-order valence-electron chi connectivity index (χ0n) is 18.5. The Morgan fingerprint density at radius 2 is 1.68 bits per heavy atom. The molecule has 0 saturated heterocycles. The van der Waals surface area contributed by atoms with Crippen molar-refractivity contribution in [2.75, 3.05) is 19.3 Å². The molecule has 0 fully saturated rings. The number of amidine groups is 1. The minimum atomic E-state index is -3.70. The molecule has 0 radical (unpaired) electrons. The van der Waals surface area contributed by atoms with E-state index in [1.54, 1.807) is 18.2 Å². The lowest BCUT2D eigenvalue weighted by Gasteiger charge is -2.33. The molecule has 1 unspecified atom stereocenters. The highest BCUT2D eigenvalue weighted by Gasteiger charge is 2.49. The second kappa shape index (κ2) is 8.45. The molecule has 2 aliphatic heterocycles. The number of rotatable bonds is 5. The third kappa shape index (κ3) is 4.03. The highest BCUT2D eigenvalue weighted by Crippen LogP contribution is 2.43. The molecular formula is C25H23ClN4O3S. The molecule has 34 heavy (non-hydrogen) atoms. The van der Waals surface area contributed by atoms with E-state index in [1.165, 1.54) is 0 Å². The van der Waals surface area contributed by atoms with Crippen molar-refractivity contribution in [2.45, 2.75) is 12.0 Å². The molecule has 0 aliphatic carbocycles. The van der Waals surface area contributed by atoms with E-state index in [1.807, 2.05) is 59.5 Å². The van der Waals surface area contributed by atoms with Crippen molar-refractivity contribution in [3.8, 4) is 16.9 Å². The van der Waals surface area contributed by atoms with Crippen LogP contribution in [0.1, 0.15) is 17.5 Å². The lowest BCUT2D eigenvalue weighted by molar-refractivity contribution is 0.491. The summed E-state index contributed by atoms with van der Waals surface area (Å²) in [7, 11) is -3.70. The molecule has 3 aromatic rings. The van der Waals surface area contributed by atoms with Crippen molar-refractivity contribution < 1.29 is 12.6 Å². The predicted molar refractivity (Wildman–Crippen MR) is 135 cm³/mol. The minimum absolute atomic E-state index is 0.203. The normalized spacial score (nSPS) is 19.9. The van der Waals surface area contributed by atoms with Gasteiger partial charge in [0.1, 0.15) is 11.6 Å². The van der Waals surface area contributed by atoms with Crippen LogP contribution in [0.15, 0.2) is 82.8 Å². The Bertz CT molecular complexity index is 1440. The first kappa shape index (κ1) is 22.4. The molecule has 0 amide bonds. The third-order valence-electron chi connectivity index (χ3n) is 5.88. The van der Waals surface area contributed by atoms with Gasteiger partial charge in [-0.05, 0) is 59.0 Å². The maximum atomic E-state index is 11.8. The highest BCUT2D eigenvalue weighted by atomic mass is 35.5. The van der Waals surface area contributed by atoms with E-state index in [4.69, 9.17) is 31.5 Å². The Morgan fingerprint density at radius 1 is 1.00 bits per heavy atom. The van der Waals surface area contributed by atoms with E-state index in [-0.39, 0.29) is 5.75 Å². The Labute approximate surface area is 203 Å². The van der Waals surface area contributed by atoms with Crippen molar-refractivity contribution in [2.24, 2.45) is 15.7 Å². The molecule has 0 bridgehead atoms. The summed E-state index contributed by atoms with van der Waals surface area (Å²) in [5, 5.41) is 0.647. The van der Waals surface area contributed by atoms with Gasteiger partial charge in [0, 0.05) is 18.1 Å². The van der Waals surface area contributed by atoms with Gasteiger partial charge in [-0.2, -0.15) is 8.42 Å². The predicted octanol–water partition coefficient (Wildman–Crippen LogP) is 4.02. The second-order valence-corrected chi connectivity index (χ2v) is 10.3. The number of nitrogens with two attached hydrogens (primary N) is 1. The number of benzene rings is 3. The van der Waals surface area contributed by atoms with Gasteiger partial charge in [0.05, 0.1) is 6.26 Å². The molecule has 2 N–H and O–H groups in total. The number of aliphatic imine (C=N–C) groups is 2. The highest BCUT2D eigenvalue weighted by molar-refractivity contribution is 7.86. The molecule has 2 aliphatic rings. The Hall–Kier alpha value is -3.36. The first-order valence-corrected chi connectivity index (χ1v) is 13.0. The maximum absolute atomic E-state index is 11.8. The van der Waals surface area contributed by atoms with Crippen LogP contribution in [0.5, 0.6) is 5.75 Å². The van der Waals surface area contributed by atoms with Crippen molar-refractivity contribution in [3.05, 3.63) is 88.9 Å². The largest absolute Gasteiger partial charge is 0.383 e. The van der Waals surface area contributed by atoms with Crippen LogP contribution in [0, 0.1) is 0 Å². The fourth-order valence-corrected chi connectivity index (χ4v) is 5.16. The second-order valence-electron chi connectivity index (χ2n) is 8.30. The lowest BCUT2D eigenvalue weighted by atomic mass is 9.81. The maximum Gasteiger partial charge on any atom is 0.306 e. The molecule has 9 heteroatoms. The first-order chi connectivity index (χ1) is 16.3. The number of fused-ring (bicyclic) bond motifs is 1. The summed E-state index contributed by atoms with van der Waals surface area (Å²) >= 11 is 6.24. The molecule has 174 valence electrons. The number of hydrogen-bond acceptors (Lipinski definition) is 7. The van der Waals surface area contributed by atoms with E-state index in [0.29, 0.717) is 29.6 Å². The Morgan fingerprint density at radius 3 is 2.41 bits per heavy atom. The fourth-order valence-electron chi connectivity index (χ4n) is 4.51. The van der Waals surface area contributed by atoms with Crippen molar-refractivity contribution in [1.29, 1.82) is 0 Å². The summed E-state index contributed by atoms with van der Waals surface area (Å²) in [6.45, 7) is 1.37. The summed E-state index contributed by atoms with van der Waals surface area (Å²) in [5.74, 6) is 1.30. The molecule has 2 heterocycles. The fraction of sp³-hybridized carbons (Fsp3) is 0.200. The molecule has 0 aromatic heterocycles. The van der Waals surface area contributed by atoms with Gasteiger partial charge < -0.3 is 9.92 Å². The summed E-state index contributed by atoms with van der Waals surface area (Å²) in [6.07, 6.45) is 1.89. The van der Waals surface area contributed by atoms with Crippen molar-refractivity contribution >= 4 is 33.5 Å². The summed E-state index contributed by atoms with van der Waals surface area (Å²) in [4.78, 5) is 11.7. The summed E-state index contributed by atoms with van der Waals surface area (Å²) < 4.78 is 28.7. The van der Waals surface area contributed by atoms with Gasteiger partial charge in [0.25, 0.3) is 0 Å². The third-order valence-corrected chi connectivity index (χ3v) is 6.61. The van der Waals surface area contributed by atoms with Gasteiger partial charge in [-0.25, -0.2) is 4.99 Å². The lowest BCUT2D eigenvalue weighted by Crippen LogP contribution is -2.46. The SMILES string of the molecule is CS(=O)(=O)Oc1cccc(C2(c3cccc(-c4cccc(Cl)c4)c3)N=C(N)N3CCCN=C32)c1. The number of halogens is 1. The molecule has 7 nitrogen and oxygen atoms in total.